The largest absolute Gasteiger partial charge is 0.496 e. The van der Waals surface area contributed by atoms with Crippen LogP contribution in [0.15, 0.2) is 54.9 Å². The Morgan fingerprint density at radius 1 is 1.03 bits per heavy atom. The van der Waals surface area contributed by atoms with Gasteiger partial charge in [0.2, 0.25) is 5.91 Å². The molecule has 3 aromatic rings. The Kier molecular flexibility index (Phi) is 8.50. The first-order chi connectivity index (χ1) is 16.5. The highest BCUT2D eigenvalue weighted by molar-refractivity contribution is 5.97. The molecule has 0 radical (unpaired) electrons. The molecule has 0 aliphatic carbocycles. The minimum Gasteiger partial charge on any atom is -0.496 e. The van der Waals surface area contributed by atoms with E-state index in [2.05, 4.69) is 15.6 Å². The lowest BCUT2D eigenvalue weighted by molar-refractivity contribution is -0.120. The van der Waals surface area contributed by atoms with Crippen LogP contribution in [0.2, 0.25) is 0 Å². The molecule has 0 bridgehead atoms. The lowest BCUT2D eigenvalue weighted by atomic mass is 10.0. The smallest absolute Gasteiger partial charge is 0.251 e. The molecule has 0 saturated carbocycles. The van der Waals surface area contributed by atoms with Gasteiger partial charge in [0.25, 0.3) is 5.91 Å². The number of aryl methyl sites for hydroxylation is 1. The number of aromatic nitrogens is 2. The maximum absolute atomic E-state index is 12.8. The van der Waals surface area contributed by atoms with Crippen molar-refractivity contribution in [2.45, 2.75) is 19.9 Å². The third-order valence-electron chi connectivity index (χ3n) is 5.09. The van der Waals surface area contributed by atoms with Gasteiger partial charge in [-0.3, -0.25) is 9.59 Å². The van der Waals surface area contributed by atoms with Crippen LogP contribution >= 0.6 is 0 Å². The van der Waals surface area contributed by atoms with Crippen molar-refractivity contribution >= 4 is 11.8 Å². The molecule has 2 N–H and O–H groups in total. The third kappa shape index (κ3) is 5.86. The first kappa shape index (κ1) is 24.6. The van der Waals surface area contributed by atoms with Crippen molar-refractivity contribution in [3.63, 3.8) is 0 Å². The molecule has 0 aliphatic rings. The normalized spacial score (nSPS) is 11.4. The predicted molar refractivity (Wildman–Crippen MR) is 127 cm³/mol. The molecule has 1 heterocycles. The monoisotopic (exact) mass is 466 g/mol. The number of benzene rings is 2. The van der Waals surface area contributed by atoms with Gasteiger partial charge in [0.05, 0.1) is 26.9 Å². The highest BCUT2D eigenvalue weighted by atomic mass is 16.5. The van der Waals surface area contributed by atoms with Gasteiger partial charge in [-0.1, -0.05) is 18.2 Å². The molecule has 34 heavy (non-hydrogen) atoms. The van der Waals surface area contributed by atoms with Crippen molar-refractivity contribution in [3.05, 3.63) is 71.8 Å². The van der Waals surface area contributed by atoms with Gasteiger partial charge in [0, 0.05) is 30.6 Å². The van der Waals surface area contributed by atoms with Crippen LogP contribution in [-0.2, 0) is 11.8 Å². The molecule has 9 nitrogen and oxygen atoms in total. The minimum atomic E-state index is -0.560. The molecule has 180 valence electrons. The first-order valence-corrected chi connectivity index (χ1v) is 11.1. The number of carbonyl (C=O) groups excluding carboxylic acids is 2. The van der Waals surface area contributed by atoms with Gasteiger partial charge in [-0.2, -0.15) is 0 Å². The van der Waals surface area contributed by atoms with Crippen LogP contribution in [0.1, 0.15) is 41.6 Å². The van der Waals surface area contributed by atoms with Crippen molar-refractivity contribution in [1.29, 1.82) is 0 Å². The number of ether oxygens (including phenoxy) is 3. The van der Waals surface area contributed by atoms with Crippen molar-refractivity contribution in [2.24, 2.45) is 7.05 Å². The SMILES string of the molecule is CCOc1ccc(C(=O)NCC(=O)NC(c2ccccc2OC)c2nccn2C)cc1OCC. The van der Waals surface area contributed by atoms with Crippen LogP contribution in [0.5, 0.6) is 17.2 Å². The maximum atomic E-state index is 12.8. The van der Waals surface area contributed by atoms with Crippen LogP contribution in [0.4, 0.5) is 0 Å². The highest BCUT2D eigenvalue weighted by Gasteiger charge is 2.24. The summed E-state index contributed by atoms with van der Waals surface area (Å²) in [5, 5.41) is 5.61. The zero-order chi connectivity index (χ0) is 24.5. The number of rotatable bonds is 11. The van der Waals surface area contributed by atoms with E-state index < -0.39 is 11.9 Å². The van der Waals surface area contributed by atoms with E-state index in [-0.39, 0.29) is 12.5 Å². The summed E-state index contributed by atoms with van der Waals surface area (Å²) in [5.74, 6) is 1.53. The Morgan fingerprint density at radius 3 is 2.44 bits per heavy atom. The summed E-state index contributed by atoms with van der Waals surface area (Å²) in [6.07, 6.45) is 3.46. The molecule has 0 saturated heterocycles. The molecule has 9 heteroatoms. The van der Waals surface area contributed by atoms with Crippen LogP contribution in [0, 0.1) is 0 Å². The highest BCUT2D eigenvalue weighted by Crippen LogP contribution is 2.29. The number of imidazole rings is 1. The zero-order valence-electron chi connectivity index (χ0n) is 19.8. The van der Waals surface area contributed by atoms with Crippen molar-refractivity contribution in [2.75, 3.05) is 26.9 Å². The summed E-state index contributed by atoms with van der Waals surface area (Å²) in [5.41, 5.74) is 1.12. The van der Waals surface area contributed by atoms with E-state index >= 15 is 0 Å². The van der Waals surface area contributed by atoms with E-state index in [1.807, 2.05) is 49.7 Å². The van der Waals surface area contributed by atoms with E-state index in [0.717, 1.165) is 5.56 Å². The molecular formula is C25H30N4O5. The Bertz CT molecular complexity index is 1130. The van der Waals surface area contributed by atoms with E-state index in [1.54, 1.807) is 37.7 Å². The fourth-order valence-electron chi connectivity index (χ4n) is 3.51. The molecular weight excluding hydrogens is 436 g/mol. The van der Waals surface area contributed by atoms with Crippen LogP contribution in [0.3, 0.4) is 0 Å². The molecule has 1 unspecified atom stereocenters. The number of nitrogens with one attached hydrogen (secondary N) is 2. The summed E-state index contributed by atoms with van der Waals surface area (Å²) < 4.78 is 18.4. The van der Waals surface area contributed by atoms with E-state index in [9.17, 15) is 9.59 Å². The number of hydrogen-bond donors (Lipinski definition) is 2. The maximum Gasteiger partial charge on any atom is 0.251 e. The Balaban J connectivity index is 1.72. The minimum absolute atomic E-state index is 0.216. The zero-order valence-corrected chi connectivity index (χ0v) is 19.8. The molecule has 3 rings (SSSR count). The second-order valence-electron chi connectivity index (χ2n) is 7.35. The van der Waals surface area contributed by atoms with Crippen molar-refractivity contribution < 1.29 is 23.8 Å². The summed E-state index contributed by atoms with van der Waals surface area (Å²) in [6.45, 7) is 4.43. The Labute approximate surface area is 199 Å². The fraction of sp³-hybridized carbons (Fsp3) is 0.320. The van der Waals surface area contributed by atoms with E-state index in [0.29, 0.717) is 41.9 Å². The van der Waals surface area contributed by atoms with Gasteiger partial charge in [0.1, 0.15) is 17.6 Å². The topological polar surface area (TPSA) is 104 Å². The van der Waals surface area contributed by atoms with E-state index in [1.165, 1.54) is 0 Å². The van der Waals surface area contributed by atoms with Gasteiger partial charge in [-0.05, 0) is 38.1 Å². The van der Waals surface area contributed by atoms with Gasteiger partial charge in [-0.25, -0.2) is 4.98 Å². The number of hydrogen-bond acceptors (Lipinski definition) is 6. The predicted octanol–water partition coefficient (Wildman–Crippen LogP) is 2.86. The van der Waals surface area contributed by atoms with Gasteiger partial charge < -0.3 is 29.4 Å². The molecule has 1 atom stereocenters. The molecule has 0 aliphatic heterocycles. The Morgan fingerprint density at radius 2 is 1.76 bits per heavy atom. The first-order valence-electron chi connectivity index (χ1n) is 11.1. The molecule has 0 spiro atoms. The van der Waals surface area contributed by atoms with Crippen LogP contribution < -0.4 is 24.8 Å². The van der Waals surface area contributed by atoms with Gasteiger partial charge in [-0.15, -0.1) is 0 Å². The van der Waals surface area contributed by atoms with Crippen molar-refractivity contribution in [1.82, 2.24) is 20.2 Å². The van der Waals surface area contributed by atoms with Crippen molar-refractivity contribution in [3.8, 4) is 17.2 Å². The number of methoxy groups -OCH3 is 1. The number of amides is 2. The third-order valence-corrected chi connectivity index (χ3v) is 5.09. The van der Waals surface area contributed by atoms with Crippen LogP contribution in [0.25, 0.3) is 0 Å². The quantitative estimate of drug-likeness (QED) is 0.450. The lowest BCUT2D eigenvalue weighted by Gasteiger charge is -2.21. The second-order valence-corrected chi connectivity index (χ2v) is 7.35. The second kappa shape index (κ2) is 11.7. The average Bonchev–Trinajstić information content (AvgIpc) is 3.27. The summed E-state index contributed by atoms with van der Waals surface area (Å²) in [7, 11) is 3.42. The van der Waals surface area contributed by atoms with Gasteiger partial charge in [0.15, 0.2) is 11.5 Å². The van der Waals surface area contributed by atoms with E-state index in [4.69, 9.17) is 14.2 Å². The number of carbonyl (C=O) groups is 2. The number of nitrogens with zero attached hydrogens (tertiary/aromatic N) is 2. The molecule has 0 fully saturated rings. The molecule has 2 aromatic carbocycles. The van der Waals surface area contributed by atoms with Gasteiger partial charge >= 0.3 is 0 Å². The van der Waals surface area contributed by atoms with Crippen LogP contribution in [-0.4, -0.2) is 48.2 Å². The fourth-order valence-corrected chi connectivity index (χ4v) is 3.51. The molecule has 1 aromatic heterocycles. The summed E-state index contributed by atoms with van der Waals surface area (Å²) in [4.78, 5) is 29.9. The lowest BCUT2D eigenvalue weighted by Crippen LogP contribution is -2.39. The summed E-state index contributed by atoms with van der Waals surface area (Å²) >= 11 is 0. The average molecular weight is 467 g/mol. The molecule has 2 amide bonds. The standard InChI is InChI=1S/C25H30N4O5/c1-5-33-20-12-11-17(15-21(20)34-6-2)25(31)27-16-22(30)28-23(24-26-13-14-29(24)3)18-9-7-8-10-19(18)32-4/h7-15,23H,5-6,16H2,1-4H3,(H,27,31)(H,28,30). The number of para-hydroxylation sites is 1. The Hall–Kier alpha value is -4.01. The summed E-state index contributed by atoms with van der Waals surface area (Å²) in [6, 6.07) is 11.8.